The average Bonchev–Trinajstić information content (AvgIpc) is 3.16. The van der Waals surface area contributed by atoms with Crippen molar-refractivity contribution in [2.75, 3.05) is 11.4 Å². The summed E-state index contributed by atoms with van der Waals surface area (Å²) in [5.74, 6) is 0.665. The van der Waals surface area contributed by atoms with Crippen molar-refractivity contribution >= 4 is 34.4 Å². The molecule has 7 nitrogen and oxygen atoms in total. The largest absolute Gasteiger partial charge is 0.332 e. The highest BCUT2D eigenvalue weighted by Crippen LogP contribution is 2.32. The van der Waals surface area contributed by atoms with Gasteiger partial charge in [0.2, 0.25) is 5.95 Å². The summed E-state index contributed by atoms with van der Waals surface area (Å²) in [6, 6.07) is 7.52. The number of nitrogens with zero attached hydrogens (tertiary/aromatic N) is 5. The molecule has 8 heteroatoms. The molecule has 3 heterocycles. The van der Waals surface area contributed by atoms with Crippen molar-refractivity contribution in [3.63, 3.8) is 0 Å². The summed E-state index contributed by atoms with van der Waals surface area (Å²) in [4.78, 5) is 31.9. The summed E-state index contributed by atoms with van der Waals surface area (Å²) in [5, 5.41) is 0.643. The summed E-state index contributed by atoms with van der Waals surface area (Å²) in [5.41, 5.74) is 1.22. The van der Waals surface area contributed by atoms with E-state index in [0.29, 0.717) is 41.8 Å². The first-order valence-corrected chi connectivity index (χ1v) is 8.64. The van der Waals surface area contributed by atoms with Crippen LogP contribution in [-0.4, -0.2) is 25.2 Å². The minimum absolute atomic E-state index is 0.272. The van der Waals surface area contributed by atoms with Gasteiger partial charge in [-0.25, -0.2) is 4.79 Å². The quantitative estimate of drug-likeness (QED) is 0.718. The molecule has 0 saturated heterocycles. The number of aryl methyl sites for hydroxylation is 1. The Morgan fingerprint density at radius 1 is 1.24 bits per heavy atom. The molecule has 0 radical (unpaired) electrons. The molecule has 25 heavy (non-hydrogen) atoms. The van der Waals surface area contributed by atoms with Gasteiger partial charge in [0.05, 0.1) is 0 Å². The number of rotatable bonds is 3. The molecule has 0 unspecified atom stereocenters. The molecule has 0 fully saturated rings. The smallest absolute Gasteiger partial charge is 0.310 e. The molecule has 0 aliphatic carbocycles. The molecule has 4 rings (SSSR count). The second-order valence-electron chi connectivity index (χ2n) is 6.17. The van der Waals surface area contributed by atoms with E-state index in [0.717, 1.165) is 12.1 Å². The molecular formula is C17H18ClN5O2. The molecule has 2 aromatic heterocycles. The van der Waals surface area contributed by atoms with Crippen molar-refractivity contribution in [2.24, 2.45) is 7.05 Å². The molecule has 0 amide bonds. The van der Waals surface area contributed by atoms with Crippen molar-refractivity contribution in [1.82, 2.24) is 18.7 Å². The molecule has 130 valence electrons. The third kappa shape index (κ3) is 2.30. The van der Waals surface area contributed by atoms with Crippen LogP contribution in [-0.2, 0) is 20.1 Å². The minimum Gasteiger partial charge on any atom is -0.310 e. The van der Waals surface area contributed by atoms with E-state index < -0.39 is 0 Å². The first-order valence-electron chi connectivity index (χ1n) is 8.26. The third-order valence-electron chi connectivity index (χ3n) is 4.57. The topological polar surface area (TPSA) is 65.1 Å². The molecular weight excluding hydrogens is 342 g/mol. The number of aromatic nitrogens is 4. The first-order chi connectivity index (χ1) is 12.0. The van der Waals surface area contributed by atoms with E-state index in [9.17, 15) is 9.59 Å². The fraction of sp³-hybridized carbons (Fsp3) is 0.353. The van der Waals surface area contributed by atoms with E-state index >= 15 is 0 Å². The second-order valence-corrected chi connectivity index (χ2v) is 6.60. The van der Waals surface area contributed by atoms with Crippen LogP contribution in [0.1, 0.15) is 13.3 Å². The molecule has 0 atom stereocenters. The number of halogens is 1. The summed E-state index contributed by atoms with van der Waals surface area (Å²) in [6.45, 7) is 3.68. The van der Waals surface area contributed by atoms with E-state index in [-0.39, 0.29) is 11.2 Å². The van der Waals surface area contributed by atoms with Crippen LogP contribution in [0.4, 0.5) is 11.6 Å². The van der Waals surface area contributed by atoms with Gasteiger partial charge in [0.1, 0.15) is 0 Å². The molecule has 1 aliphatic heterocycles. The zero-order chi connectivity index (χ0) is 17.7. The third-order valence-corrected chi connectivity index (χ3v) is 4.80. The van der Waals surface area contributed by atoms with Gasteiger partial charge in [0.15, 0.2) is 11.2 Å². The van der Waals surface area contributed by atoms with Gasteiger partial charge in [-0.3, -0.25) is 13.9 Å². The Hall–Kier alpha value is -2.54. The lowest BCUT2D eigenvalue weighted by atomic mass is 10.3. The fourth-order valence-corrected chi connectivity index (χ4v) is 3.57. The first kappa shape index (κ1) is 16.0. The maximum absolute atomic E-state index is 12.9. The number of fused-ring (bicyclic) bond motifs is 3. The van der Waals surface area contributed by atoms with Crippen LogP contribution in [0.25, 0.3) is 11.2 Å². The van der Waals surface area contributed by atoms with Gasteiger partial charge in [-0.2, -0.15) is 4.98 Å². The molecule has 1 aromatic carbocycles. The number of anilines is 2. The van der Waals surface area contributed by atoms with Crippen molar-refractivity contribution in [2.45, 2.75) is 26.4 Å². The monoisotopic (exact) mass is 359 g/mol. The van der Waals surface area contributed by atoms with Crippen LogP contribution in [0.15, 0.2) is 33.9 Å². The van der Waals surface area contributed by atoms with Crippen molar-refractivity contribution in [3.05, 3.63) is 50.1 Å². The summed E-state index contributed by atoms with van der Waals surface area (Å²) in [7, 11) is 1.66. The van der Waals surface area contributed by atoms with Gasteiger partial charge in [-0.1, -0.05) is 24.6 Å². The Kier molecular flexibility index (Phi) is 3.68. The van der Waals surface area contributed by atoms with Gasteiger partial charge in [0, 0.05) is 37.4 Å². The highest BCUT2D eigenvalue weighted by atomic mass is 35.5. The fourth-order valence-electron chi connectivity index (χ4n) is 3.39. The van der Waals surface area contributed by atoms with Crippen molar-refractivity contribution in [1.29, 1.82) is 0 Å². The number of imidazole rings is 1. The standard InChI is InChI=1S/C17H18ClN5O2/c1-3-7-23-15(24)13-14(20(2)17(23)25)19-16-21(8-9-22(13)16)12-6-4-5-11(18)10-12/h4-6,10H,3,7-9H2,1-2H3. The van der Waals surface area contributed by atoms with E-state index in [4.69, 9.17) is 11.6 Å². The lowest BCUT2D eigenvalue weighted by molar-refractivity contribution is 0.590. The lowest BCUT2D eigenvalue weighted by Gasteiger charge is -2.16. The van der Waals surface area contributed by atoms with Crippen LogP contribution < -0.4 is 16.1 Å². The Morgan fingerprint density at radius 2 is 2.04 bits per heavy atom. The highest BCUT2D eigenvalue weighted by Gasteiger charge is 2.28. The van der Waals surface area contributed by atoms with E-state index in [1.54, 1.807) is 7.05 Å². The highest BCUT2D eigenvalue weighted by molar-refractivity contribution is 6.30. The molecule has 1 aliphatic rings. The molecule has 0 bridgehead atoms. The van der Waals surface area contributed by atoms with Gasteiger partial charge >= 0.3 is 5.69 Å². The Bertz CT molecular complexity index is 1090. The van der Waals surface area contributed by atoms with E-state index in [1.165, 1.54) is 9.13 Å². The minimum atomic E-state index is -0.328. The van der Waals surface area contributed by atoms with Crippen LogP contribution in [0.2, 0.25) is 5.02 Å². The summed E-state index contributed by atoms with van der Waals surface area (Å²) >= 11 is 6.10. The van der Waals surface area contributed by atoms with E-state index in [1.807, 2.05) is 40.7 Å². The van der Waals surface area contributed by atoms with Crippen molar-refractivity contribution in [3.8, 4) is 0 Å². The van der Waals surface area contributed by atoms with Gasteiger partial charge < -0.3 is 9.47 Å². The summed E-state index contributed by atoms with van der Waals surface area (Å²) in [6.07, 6.45) is 0.719. The molecule has 3 aromatic rings. The normalized spacial score (nSPS) is 13.6. The SMILES string of the molecule is CCCn1c(=O)c2c(nc3n2CCN3c2cccc(Cl)c2)n(C)c1=O. The van der Waals surface area contributed by atoms with Crippen LogP contribution in [0, 0.1) is 0 Å². The van der Waals surface area contributed by atoms with Gasteiger partial charge in [0.25, 0.3) is 5.56 Å². The zero-order valence-corrected chi connectivity index (χ0v) is 14.8. The zero-order valence-electron chi connectivity index (χ0n) is 14.1. The molecule has 0 spiro atoms. The lowest BCUT2D eigenvalue weighted by Crippen LogP contribution is -2.39. The molecule has 0 saturated carbocycles. The van der Waals surface area contributed by atoms with Gasteiger partial charge in [-0.05, 0) is 24.6 Å². The second kappa shape index (κ2) is 5.77. The average molecular weight is 360 g/mol. The predicted octanol–water partition coefficient (Wildman–Crippen LogP) is 2.11. The Labute approximate surface area is 148 Å². The maximum atomic E-state index is 12.9. The van der Waals surface area contributed by atoms with Crippen LogP contribution >= 0.6 is 11.6 Å². The predicted molar refractivity (Wildman–Crippen MR) is 98.0 cm³/mol. The van der Waals surface area contributed by atoms with Gasteiger partial charge in [-0.15, -0.1) is 0 Å². The van der Waals surface area contributed by atoms with Crippen molar-refractivity contribution < 1.29 is 0 Å². The number of benzene rings is 1. The number of hydrogen-bond acceptors (Lipinski definition) is 4. The molecule has 0 N–H and O–H groups in total. The van der Waals surface area contributed by atoms with E-state index in [2.05, 4.69) is 4.98 Å². The Balaban J connectivity index is 1.97. The Morgan fingerprint density at radius 3 is 2.76 bits per heavy atom. The summed E-state index contributed by atoms with van der Waals surface area (Å²) < 4.78 is 4.64. The number of hydrogen-bond donors (Lipinski definition) is 0. The van der Waals surface area contributed by atoms with Crippen LogP contribution in [0.3, 0.4) is 0 Å². The van der Waals surface area contributed by atoms with Crippen LogP contribution in [0.5, 0.6) is 0 Å². The maximum Gasteiger partial charge on any atom is 0.332 e.